The third kappa shape index (κ3) is 4.23. The number of aromatic nitrogens is 3. The molecule has 1 fully saturated rings. The van der Waals surface area contributed by atoms with E-state index in [9.17, 15) is 0 Å². The van der Waals surface area contributed by atoms with E-state index in [0.717, 1.165) is 66.0 Å². The van der Waals surface area contributed by atoms with E-state index >= 15 is 0 Å². The highest BCUT2D eigenvalue weighted by Crippen LogP contribution is 2.36. The molecule has 4 heterocycles. The molecule has 2 aliphatic rings. The fourth-order valence-corrected chi connectivity index (χ4v) is 4.42. The Morgan fingerprint density at radius 2 is 2.15 bits per heavy atom. The summed E-state index contributed by atoms with van der Waals surface area (Å²) in [4.78, 5) is 11.4. The van der Waals surface area contributed by atoms with Gasteiger partial charge in [-0.2, -0.15) is 5.10 Å². The van der Waals surface area contributed by atoms with E-state index < -0.39 is 0 Å². The molecule has 0 aliphatic carbocycles. The monoisotopic (exact) mass is 447 g/mol. The van der Waals surface area contributed by atoms with Crippen LogP contribution in [-0.2, 0) is 18.3 Å². The number of nitrogens with two attached hydrogens (primary N) is 1. The van der Waals surface area contributed by atoms with Gasteiger partial charge in [0.15, 0.2) is 0 Å². The van der Waals surface area contributed by atoms with Crippen molar-refractivity contribution in [2.24, 2.45) is 17.5 Å². The largest absolute Gasteiger partial charge is 0.495 e. The van der Waals surface area contributed by atoms with E-state index in [1.807, 2.05) is 43.7 Å². The lowest BCUT2D eigenvalue weighted by Gasteiger charge is -2.36. The molecule has 0 bridgehead atoms. The number of hydrogen-bond acceptors (Lipinski definition) is 8. The number of guanidine groups is 1. The summed E-state index contributed by atoms with van der Waals surface area (Å²) in [6.07, 6.45) is 6.57. The first kappa shape index (κ1) is 21.3. The standard InChI is InChI=1S/C24H29N7O2/c1-24(7-9-33-15-24)14-31-13-17-6-8-26-22(25)21(17)29-23(31)28-19-5-4-16(10-20(19)32-3)18-11-27-30(2)12-18/h4-6,8,10-12H,7,9,13-15H2,1-3H3,(H2,25,26)(H,28,29)/t24-/m1/s1. The Morgan fingerprint density at radius 1 is 1.27 bits per heavy atom. The molecule has 9 heteroatoms. The molecule has 5 rings (SSSR count). The minimum atomic E-state index is 0.0623. The van der Waals surface area contributed by atoms with Crippen LogP contribution in [0.3, 0.4) is 0 Å². The SMILES string of the molecule is COc1cc(-c2cnn(C)c2)ccc1NC1=Nc2c(ccnc2N)CN1C[C@@]1(C)CCOC1. The van der Waals surface area contributed by atoms with Crippen molar-refractivity contribution in [2.75, 3.05) is 37.9 Å². The summed E-state index contributed by atoms with van der Waals surface area (Å²) >= 11 is 0. The first-order valence-electron chi connectivity index (χ1n) is 11.0. The maximum absolute atomic E-state index is 6.16. The van der Waals surface area contributed by atoms with Crippen LogP contribution in [0.1, 0.15) is 18.9 Å². The summed E-state index contributed by atoms with van der Waals surface area (Å²) < 4.78 is 13.2. The third-order valence-corrected chi connectivity index (χ3v) is 6.27. The number of aryl methyl sites for hydroxylation is 1. The number of nitrogen functional groups attached to an aromatic ring is 1. The summed E-state index contributed by atoms with van der Waals surface area (Å²) in [5, 5.41) is 7.77. The maximum atomic E-state index is 6.16. The average molecular weight is 448 g/mol. The van der Waals surface area contributed by atoms with Crippen LogP contribution in [0.2, 0.25) is 0 Å². The number of fused-ring (bicyclic) bond motifs is 1. The van der Waals surface area contributed by atoms with Gasteiger partial charge in [0.1, 0.15) is 17.3 Å². The van der Waals surface area contributed by atoms with Gasteiger partial charge in [0.25, 0.3) is 0 Å². The molecule has 2 aromatic heterocycles. The van der Waals surface area contributed by atoms with Crippen LogP contribution in [0.25, 0.3) is 11.1 Å². The fraction of sp³-hybridized carbons (Fsp3) is 0.375. The second kappa shape index (κ2) is 8.40. The summed E-state index contributed by atoms with van der Waals surface area (Å²) in [5.74, 6) is 1.88. The van der Waals surface area contributed by atoms with Crippen molar-refractivity contribution in [1.29, 1.82) is 0 Å². The lowest BCUT2D eigenvalue weighted by molar-refractivity contribution is 0.141. The van der Waals surface area contributed by atoms with Crippen LogP contribution < -0.4 is 15.8 Å². The average Bonchev–Trinajstić information content (AvgIpc) is 3.43. The van der Waals surface area contributed by atoms with Gasteiger partial charge < -0.3 is 25.4 Å². The Morgan fingerprint density at radius 3 is 2.88 bits per heavy atom. The highest BCUT2D eigenvalue weighted by Gasteiger charge is 2.34. The van der Waals surface area contributed by atoms with E-state index in [-0.39, 0.29) is 5.41 Å². The first-order valence-corrected chi connectivity index (χ1v) is 11.0. The number of methoxy groups -OCH3 is 1. The van der Waals surface area contributed by atoms with E-state index in [1.165, 1.54) is 0 Å². The Kier molecular flexibility index (Phi) is 5.41. The predicted molar refractivity (Wildman–Crippen MR) is 129 cm³/mol. The lowest BCUT2D eigenvalue weighted by Crippen LogP contribution is -2.44. The van der Waals surface area contributed by atoms with Gasteiger partial charge in [-0.05, 0) is 30.2 Å². The van der Waals surface area contributed by atoms with Crippen molar-refractivity contribution < 1.29 is 9.47 Å². The van der Waals surface area contributed by atoms with Crippen LogP contribution in [-0.4, -0.2) is 52.5 Å². The van der Waals surface area contributed by atoms with Crippen LogP contribution >= 0.6 is 0 Å². The van der Waals surface area contributed by atoms with Gasteiger partial charge in [0.2, 0.25) is 5.96 Å². The molecule has 1 atom stereocenters. The Balaban J connectivity index is 1.49. The third-order valence-electron chi connectivity index (χ3n) is 6.27. The van der Waals surface area contributed by atoms with Gasteiger partial charge in [-0.3, -0.25) is 4.68 Å². The second-order valence-corrected chi connectivity index (χ2v) is 9.05. The number of nitrogens with one attached hydrogen (secondary N) is 1. The molecule has 1 saturated heterocycles. The summed E-state index contributed by atoms with van der Waals surface area (Å²) in [7, 11) is 3.57. The van der Waals surface area contributed by atoms with Crippen LogP contribution in [0, 0.1) is 5.41 Å². The maximum Gasteiger partial charge on any atom is 0.204 e. The molecule has 0 unspecified atom stereocenters. The van der Waals surface area contributed by atoms with Gasteiger partial charge >= 0.3 is 0 Å². The van der Waals surface area contributed by atoms with Crippen molar-refractivity contribution in [3.05, 3.63) is 48.4 Å². The molecule has 33 heavy (non-hydrogen) atoms. The van der Waals surface area contributed by atoms with Crippen molar-refractivity contribution in [3.63, 3.8) is 0 Å². The van der Waals surface area contributed by atoms with Crippen LogP contribution in [0.5, 0.6) is 5.75 Å². The van der Waals surface area contributed by atoms with Gasteiger partial charge in [-0.25, -0.2) is 9.98 Å². The molecule has 3 N–H and O–H groups in total. The van der Waals surface area contributed by atoms with Crippen molar-refractivity contribution in [3.8, 4) is 16.9 Å². The van der Waals surface area contributed by atoms with Gasteiger partial charge in [-0.1, -0.05) is 13.0 Å². The molecule has 2 aliphatic heterocycles. The molecular formula is C24H29N7O2. The number of nitrogens with zero attached hydrogens (tertiary/aromatic N) is 5. The van der Waals surface area contributed by atoms with E-state index in [4.69, 9.17) is 20.2 Å². The van der Waals surface area contributed by atoms with Crippen LogP contribution in [0.15, 0.2) is 47.8 Å². The number of pyridine rings is 1. The van der Waals surface area contributed by atoms with Crippen LogP contribution in [0.4, 0.5) is 17.2 Å². The number of hydrogen-bond donors (Lipinski definition) is 2. The minimum Gasteiger partial charge on any atom is -0.495 e. The first-order chi connectivity index (χ1) is 15.9. The summed E-state index contributed by atoms with van der Waals surface area (Å²) in [5.41, 5.74) is 10.9. The Labute approximate surface area is 193 Å². The van der Waals surface area contributed by atoms with E-state index in [2.05, 4.69) is 27.2 Å². The molecule has 9 nitrogen and oxygen atoms in total. The normalized spacial score (nSPS) is 19.8. The molecular weight excluding hydrogens is 418 g/mol. The molecule has 172 valence electrons. The topological polar surface area (TPSA) is 103 Å². The second-order valence-electron chi connectivity index (χ2n) is 9.05. The van der Waals surface area contributed by atoms with Crippen molar-refractivity contribution in [1.82, 2.24) is 19.7 Å². The molecule has 0 radical (unpaired) electrons. The lowest BCUT2D eigenvalue weighted by atomic mass is 9.89. The zero-order valence-electron chi connectivity index (χ0n) is 19.2. The summed E-state index contributed by atoms with van der Waals surface area (Å²) in [6.45, 7) is 5.31. The smallest absolute Gasteiger partial charge is 0.204 e. The Bertz CT molecular complexity index is 1200. The minimum absolute atomic E-state index is 0.0623. The molecule has 3 aromatic rings. The van der Waals surface area contributed by atoms with Gasteiger partial charge in [0.05, 0.1) is 25.6 Å². The van der Waals surface area contributed by atoms with Crippen molar-refractivity contribution in [2.45, 2.75) is 19.9 Å². The molecule has 0 spiro atoms. The Hall–Kier alpha value is -3.59. The van der Waals surface area contributed by atoms with Gasteiger partial charge in [-0.15, -0.1) is 0 Å². The molecule has 1 aromatic carbocycles. The number of ether oxygens (including phenoxy) is 2. The molecule has 0 saturated carbocycles. The van der Waals surface area contributed by atoms with Crippen molar-refractivity contribution >= 4 is 23.2 Å². The highest BCUT2D eigenvalue weighted by atomic mass is 16.5. The number of benzene rings is 1. The zero-order chi connectivity index (χ0) is 23.0. The fourth-order valence-electron chi connectivity index (χ4n) is 4.42. The van der Waals surface area contributed by atoms with E-state index in [0.29, 0.717) is 12.4 Å². The molecule has 0 amide bonds. The highest BCUT2D eigenvalue weighted by molar-refractivity contribution is 5.99. The quantitative estimate of drug-likeness (QED) is 0.618. The zero-order valence-corrected chi connectivity index (χ0v) is 19.2. The predicted octanol–water partition coefficient (Wildman–Crippen LogP) is 3.41. The van der Waals surface area contributed by atoms with E-state index in [1.54, 1.807) is 18.0 Å². The number of anilines is 2. The van der Waals surface area contributed by atoms with Gasteiger partial charge in [0, 0.05) is 55.7 Å². The number of rotatable bonds is 5. The summed E-state index contributed by atoms with van der Waals surface area (Å²) in [6, 6.07) is 8.04. The number of aliphatic imine (C=N–C) groups is 1.